The van der Waals surface area contributed by atoms with Crippen LogP contribution in [-0.4, -0.2) is 11.9 Å². The topological polar surface area (TPSA) is 3.24 Å². The van der Waals surface area contributed by atoms with Gasteiger partial charge in [0.25, 0.3) is 0 Å². The average Bonchev–Trinajstić information content (AvgIpc) is 2.11. The molecule has 0 amide bonds. The predicted molar refractivity (Wildman–Crippen MR) is 55.7 cm³/mol. The molecule has 0 N–H and O–H groups in total. The molecule has 0 aliphatic heterocycles. The van der Waals surface area contributed by atoms with E-state index >= 15 is 0 Å². The highest BCUT2D eigenvalue weighted by Gasteiger charge is 1.98. The van der Waals surface area contributed by atoms with E-state index < -0.39 is 0 Å². The molecule has 0 heterocycles. The van der Waals surface area contributed by atoms with Crippen LogP contribution in [0.3, 0.4) is 0 Å². The van der Waals surface area contributed by atoms with Crippen molar-refractivity contribution >= 4 is 0 Å². The predicted octanol–water partition coefficient (Wildman–Crippen LogP) is 3.10. The molecule has 0 aromatic heterocycles. The summed E-state index contributed by atoms with van der Waals surface area (Å²) in [5, 5.41) is 0. The average molecular weight is 163 g/mol. The number of allylic oxidation sites excluding steroid dienone is 4. The summed E-state index contributed by atoms with van der Waals surface area (Å²) in [7, 11) is 1.97. The molecule has 66 valence electrons. The maximum Gasteiger partial charge on any atom is 0.0429 e. The Hall–Kier alpha value is -1.24. The van der Waals surface area contributed by atoms with Gasteiger partial charge in [0.1, 0.15) is 0 Å². The van der Waals surface area contributed by atoms with Crippen molar-refractivity contribution in [3.8, 4) is 0 Å². The highest BCUT2D eigenvalue weighted by Crippen LogP contribution is 2.10. The summed E-state index contributed by atoms with van der Waals surface area (Å²) in [6.45, 7) is 11.5. The smallest absolute Gasteiger partial charge is 0.0429 e. The Morgan fingerprint density at radius 2 is 1.92 bits per heavy atom. The third-order valence-corrected chi connectivity index (χ3v) is 1.69. The van der Waals surface area contributed by atoms with Gasteiger partial charge in [-0.1, -0.05) is 25.3 Å². The van der Waals surface area contributed by atoms with E-state index in [0.29, 0.717) is 0 Å². The van der Waals surface area contributed by atoms with Gasteiger partial charge < -0.3 is 4.90 Å². The number of nitrogens with zero attached hydrogens (tertiary/aromatic N) is 1. The van der Waals surface area contributed by atoms with Crippen LogP contribution in [0.2, 0.25) is 0 Å². The highest BCUT2D eigenvalue weighted by atomic mass is 15.1. The Labute approximate surface area is 75.4 Å². The zero-order chi connectivity index (χ0) is 9.56. The van der Waals surface area contributed by atoms with E-state index in [1.165, 1.54) is 0 Å². The minimum absolute atomic E-state index is 1.13. The minimum atomic E-state index is 1.13. The highest BCUT2D eigenvalue weighted by molar-refractivity contribution is 5.30. The van der Waals surface area contributed by atoms with Crippen LogP contribution in [0.15, 0.2) is 48.9 Å². The van der Waals surface area contributed by atoms with Crippen LogP contribution >= 0.6 is 0 Å². The lowest BCUT2D eigenvalue weighted by atomic mass is 10.2. The number of rotatable bonds is 4. The van der Waals surface area contributed by atoms with Crippen molar-refractivity contribution in [3.63, 3.8) is 0 Å². The van der Waals surface area contributed by atoms with Crippen LogP contribution in [0, 0.1) is 0 Å². The molecule has 0 spiro atoms. The van der Waals surface area contributed by atoms with Crippen molar-refractivity contribution < 1.29 is 0 Å². The van der Waals surface area contributed by atoms with Crippen LogP contribution in [-0.2, 0) is 0 Å². The van der Waals surface area contributed by atoms with Gasteiger partial charge in [0.2, 0.25) is 0 Å². The second-order valence-corrected chi connectivity index (χ2v) is 2.57. The Balaban J connectivity index is 4.88. The molecule has 0 bridgehead atoms. The van der Waals surface area contributed by atoms with E-state index in [1.54, 1.807) is 6.20 Å². The van der Waals surface area contributed by atoms with Crippen LogP contribution in [0.5, 0.6) is 0 Å². The van der Waals surface area contributed by atoms with Gasteiger partial charge in [0, 0.05) is 12.7 Å². The molecule has 0 unspecified atom stereocenters. The Kier molecular flexibility index (Phi) is 4.86. The van der Waals surface area contributed by atoms with Gasteiger partial charge in [-0.25, -0.2) is 0 Å². The number of likely N-dealkylation sites (N-methyl/N-ethyl adjacent to an activating group) is 1. The van der Waals surface area contributed by atoms with Crippen LogP contribution in [0.25, 0.3) is 0 Å². The summed E-state index contributed by atoms with van der Waals surface area (Å²) in [4.78, 5) is 1.97. The summed E-state index contributed by atoms with van der Waals surface area (Å²) in [5.41, 5.74) is 2.28. The molecular weight excluding hydrogens is 146 g/mol. The van der Waals surface area contributed by atoms with Crippen molar-refractivity contribution in [2.45, 2.75) is 13.8 Å². The zero-order valence-corrected chi connectivity index (χ0v) is 8.17. The fraction of sp³-hybridized carbons (Fsp3) is 0.273. The van der Waals surface area contributed by atoms with Crippen molar-refractivity contribution in [2.24, 2.45) is 0 Å². The van der Waals surface area contributed by atoms with E-state index in [9.17, 15) is 0 Å². The SMILES string of the molecule is C=C/C(C)=C(\C=C/C)N(C)C=C. The fourth-order valence-electron chi connectivity index (χ4n) is 0.888. The molecule has 0 atom stereocenters. The van der Waals surface area contributed by atoms with E-state index in [1.807, 2.05) is 44.0 Å². The van der Waals surface area contributed by atoms with E-state index in [0.717, 1.165) is 11.3 Å². The molecule has 12 heavy (non-hydrogen) atoms. The molecule has 0 aliphatic rings. The molecule has 0 rings (SSSR count). The number of hydrogen-bond acceptors (Lipinski definition) is 1. The first-order chi connectivity index (χ1) is 5.67. The van der Waals surface area contributed by atoms with Crippen LogP contribution < -0.4 is 0 Å². The third kappa shape index (κ3) is 2.79. The summed E-state index contributed by atoms with van der Waals surface area (Å²) in [6, 6.07) is 0. The largest absolute Gasteiger partial charge is 0.351 e. The summed E-state index contributed by atoms with van der Waals surface area (Å²) < 4.78 is 0. The van der Waals surface area contributed by atoms with Gasteiger partial charge in [-0.15, -0.1) is 0 Å². The fourth-order valence-corrected chi connectivity index (χ4v) is 0.888. The first-order valence-electron chi connectivity index (χ1n) is 3.98. The van der Waals surface area contributed by atoms with Gasteiger partial charge in [-0.05, 0) is 31.7 Å². The maximum absolute atomic E-state index is 3.73. The lowest BCUT2D eigenvalue weighted by Gasteiger charge is -2.16. The Morgan fingerprint density at radius 1 is 1.33 bits per heavy atom. The van der Waals surface area contributed by atoms with Crippen LogP contribution in [0.1, 0.15) is 13.8 Å². The van der Waals surface area contributed by atoms with Crippen molar-refractivity contribution in [1.29, 1.82) is 0 Å². The van der Waals surface area contributed by atoms with Gasteiger partial charge in [-0.2, -0.15) is 0 Å². The quantitative estimate of drug-likeness (QED) is 0.576. The normalized spacial score (nSPS) is 12.6. The summed E-state index contributed by atoms with van der Waals surface area (Å²) >= 11 is 0. The summed E-state index contributed by atoms with van der Waals surface area (Å²) in [6.07, 6.45) is 7.67. The second-order valence-electron chi connectivity index (χ2n) is 2.57. The van der Waals surface area contributed by atoms with Gasteiger partial charge in [0.15, 0.2) is 0 Å². The van der Waals surface area contributed by atoms with E-state index in [2.05, 4.69) is 13.2 Å². The standard InChI is InChI=1S/C11H17N/c1-6-9-11(10(4)7-2)12(5)8-3/h6-9H,2-3H2,1,4-5H3/b9-6-,11-10+. The lowest BCUT2D eigenvalue weighted by molar-refractivity contribution is 0.585. The van der Waals surface area contributed by atoms with Crippen LogP contribution in [0.4, 0.5) is 0 Å². The monoisotopic (exact) mass is 163 g/mol. The summed E-state index contributed by atoms with van der Waals surface area (Å²) in [5.74, 6) is 0. The van der Waals surface area contributed by atoms with Gasteiger partial charge in [0.05, 0.1) is 0 Å². The lowest BCUT2D eigenvalue weighted by Crippen LogP contribution is -2.09. The first kappa shape index (κ1) is 10.8. The first-order valence-corrected chi connectivity index (χ1v) is 3.98. The minimum Gasteiger partial charge on any atom is -0.351 e. The van der Waals surface area contributed by atoms with E-state index in [4.69, 9.17) is 0 Å². The molecule has 0 saturated carbocycles. The molecular formula is C11H17N. The molecule has 0 aliphatic carbocycles. The van der Waals surface area contributed by atoms with E-state index in [-0.39, 0.29) is 0 Å². The molecule has 1 heteroatoms. The van der Waals surface area contributed by atoms with Crippen molar-refractivity contribution in [2.75, 3.05) is 7.05 Å². The molecule has 1 nitrogen and oxygen atoms in total. The molecule has 0 saturated heterocycles. The molecule has 0 aromatic rings. The van der Waals surface area contributed by atoms with Crippen molar-refractivity contribution in [3.05, 3.63) is 48.9 Å². The zero-order valence-electron chi connectivity index (χ0n) is 8.17. The maximum atomic E-state index is 3.73. The van der Waals surface area contributed by atoms with Gasteiger partial charge >= 0.3 is 0 Å². The Bertz CT molecular complexity index is 221. The molecule has 0 aromatic carbocycles. The van der Waals surface area contributed by atoms with Gasteiger partial charge in [-0.3, -0.25) is 0 Å². The molecule has 0 fully saturated rings. The van der Waals surface area contributed by atoms with Crippen molar-refractivity contribution in [1.82, 2.24) is 4.90 Å². The second kappa shape index (κ2) is 5.42. The third-order valence-electron chi connectivity index (χ3n) is 1.69. The number of hydrogen-bond donors (Lipinski definition) is 0. The Morgan fingerprint density at radius 3 is 2.25 bits per heavy atom. The molecule has 0 radical (unpaired) electrons.